The second-order valence-corrected chi connectivity index (χ2v) is 11.4. The highest BCUT2D eigenvalue weighted by Gasteiger charge is 2.39. The van der Waals surface area contributed by atoms with Crippen LogP contribution in [-0.2, 0) is 20.0 Å². The maximum Gasteiger partial charge on any atom is 0.279 e. The molecular weight excluding hydrogens is 489 g/mol. The number of halogens is 2. The van der Waals surface area contributed by atoms with E-state index in [1.165, 1.54) is 36.4 Å². The Morgan fingerprint density at radius 1 is 1.00 bits per heavy atom. The van der Waals surface area contributed by atoms with Crippen LogP contribution in [0.1, 0.15) is 23.6 Å². The lowest BCUT2D eigenvalue weighted by molar-refractivity contribution is 0.362. The van der Waals surface area contributed by atoms with Gasteiger partial charge in [0.25, 0.3) is 10.0 Å². The number of nitrogens with zero attached hydrogens (tertiary/aromatic N) is 2. The van der Waals surface area contributed by atoms with Gasteiger partial charge in [-0.1, -0.05) is 54.1 Å². The summed E-state index contributed by atoms with van der Waals surface area (Å²) in [5.41, 5.74) is 1.08. The van der Waals surface area contributed by atoms with Crippen LogP contribution in [0.4, 0.5) is 10.1 Å². The van der Waals surface area contributed by atoms with Crippen LogP contribution in [0.25, 0.3) is 0 Å². The van der Waals surface area contributed by atoms with Crippen molar-refractivity contribution >= 4 is 43.0 Å². The van der Waals surface area contributed by atoms with Crippen LogP contribution in [0.5, 0.6) is 0 Å². The van der Waals surface area contributed by atoms with E-state index in [1.54, 1.807) is 36.4 Å². The molecule has 0 radical (unpaired) electrons. The number of hydrazone groups is 1. The molecule has 11 heteroatoms. The highest BCUT2D eigenvalue weighted by Crippen LogP contribution is 2.39. The fourth-order valence-corrected chi connectivity index (χ4v) is 5.91. The maximum atomic E-state index is 14.7. The second-order valence-electron chi connectivity index (χ2n) is 7.44. The van der Waals surface area contributed by atoms with Gasteiger partial charge in [-0.15, -0.1) is 0 Å². The van der Waals surface area contributed by atoms with E-state index in [-0.39, 0.29) is 27.6 Å². The zero-order chi connectivity index (χ0) is 23.8. The third-order valence-electron chi connectivity index (χ3n) is 5.01. The highest BCUT2D eigenvalue weighted by molar-refractivity contribution is 7.92. The van der Waals surface area contributed by atoms with Gasteiger partial charge >= 0.3 is 0 Å². The van der Waals surface area contributed by atoms with Crippen molar-refractivity contribution < 1.29 is 21.2 Å². The van der Waals surface area contributed by atoms with Crippen molar-refractivity contribution in [1.82, 2.24) is 4.41 Å². The van der Waals surface area contributed by atoms with E-state index in [9.17, 15) is 21.2 Å². The molecule has 1 N–H and O–H groups in total. The number of sulfonamides is 2. The van der Waals surface area contributed by atoms with Crippen molar-refractivity contribution in [2.45, 2.75) is 17.4 Å². The Balaban J connectivity index is 1.86. The lowest BCUT2D eigenvalue weighted by Crippen LogP contribution is -2.28. The highest BCUT2D eigenvalue weighted by atomic mass is 35.5. The normalized spacial score (nSPS) is 16.5. The minimum Gasteiger partial charge on any atom is -0.283 e. The summed E-state index contributed by atoms with van der Waals surface area (Å²) in [4.78, 5) is -0.0936. The molecule has 4 rings (SSSR count). The average molecular weight is 508 g/mol. The van der Waals surface area contributed by atoms with Crippen molar-refractivity contribution in [3.05, 3.63) is 94.8 Å². The van der Waals surface area contributed by atoms with E-state index < -0.39 is 31.9 Å². The summed E-state index contributed by atoms with van der Waals surface area (Å²) in [5, 5.41) is 4.57. The second kappa shape index (κ2) is 8.77. The topological polar surface area (TPSA) is 95.9 Å². The molecule has 0 amide bonds. The third kappa shape index (κ3) is 4.87. The lowest BCUT2D eigenvalue weighted by Gasteiger charge is -2.23. The number of nitrogens with one attached hydrogen (secondary N) is 1. The van der Waals surface area contributed by atoms with Crippen LogP contribution in [0.3, 0.4) is 0 Å². The zero-order valence-corrected chi connectivity index (χ0v) is 19.7. The first-order valence-corrected chi connectivity index (χ1v) is 13.5. The summed E-state index contributed by atoms with van der Waals surface area (Å²) in [7, 11) is -7.81. The first-order valence-electron chi connectivity index (χ1n) is 9.75. The van der Waals surface area contributed by atoms with E-state index in [0.29, 0.717) is 11.3 Å². The van der Waals surface area contributed by atoms with E-state index in [0.717, 1.165) is 10.7 Å². The first-order chi connectivity index (χ1) is 15.6. The van der Waals surface area contributed by atoms with E-state index in [4.69, 9.17) is 11.6 Å². The van der Waals surface area contributed by atoms with E-state index in [2.05, 4.69) is 9.82 Å². The Labute approximate surface area is 196 Å². The molecule has 0 aromatic heterocycles. The summed E-state index contributed by atoms with van der Waals surface area (Å²) in [6.45, 7) is 0. The molecule has 172 valence electrons. The van der Waals surface area contributed by atoms with Crippen LogP contribution in [0, 0.1) is 5.82 Å². The summed E-state index contributed by atoms with van der Waals surface area (Å²) < 4.78 is 68.6. The molecule has 1 heterocycles. The zero-order valence-electron chi connectivity index (χ0n) is 17.3. The summed E-state index contributed by atoms with van der Waals surface area (Å²) in [6, 6.07) is 17.1. The number of benzene rings is 3. The maximum absolute atomic E-state index is 14.7. The van der Waals surface area contributed by atoms with Gasteiger partial charge in [0.2, 0.25) is 10.0 Å². The third-order valence-corrected chi connectivity index (χ3v) is 7.51. The molecule has 0 fully saturated rings. The minimum atomic E-state index is -4.21. The van der Waals surface area contributed by atoms with Crippen LogP contribution in [0.2, 0.25) is 5.02 Å². The predicted molar refractivity (Wildman–Crippen MR) is 126 cm³/mol. The van der Waals surface area contributed by atoms with Crippen molar-refractivity contribution in [2.24, 2.45) is 5.10 Å². The molecule has 0 saturated heterocycles. The van der Waals surface area contributed by atoms with Crippen molar-refractivity contribution in [3.8, 4) is 0 Å². The molecule has 0 spiro atoms. The SMILES string of the molecule is CS(=O)(=O)Nc1ccccc1C1=NN(S(=O)(=O)c2cccc(Cl)c2)[C@H](c2ccccc2F)C1. The standard InChI is InChI=1S/C22H19ClFN3O4S2/c1-32(28,29)26-20-12-5-3-10-18(20)21-14-22(17-9-2-4-11-19(17)24)27(25-21)33(30,31)16-8-6-7-15(23)13-16/h2-13,22,26H,14H2,1H3/t22-/m0/s1. The van der Waals surface area contributed by atoms with Crippen molar-refractivity contribution in [1.29, 1.82) is 0 Å². The van der Waals surface area contributed by atoms with Crippen LogP contribution in [0.15, 0.2) is 82.8 Å². The fourth-order valence-electron chi connectivity index (χ4n) is 3.61. The van der Waals surface area contributed by atoms with Gasteiger partial charge in [0.05, 0.1) is 28.6 Å². The molecule has 1 aliphatic heterocycles. The van der Waals surface area contributed by atoms with Crippen molar-refractivity contribution in [2.75, 3.05) is 11.0 Å². The molecule has 0 bridgehead atoms. The molecule has 7 nitrogen and oxygen atoms in total. The van der Waals surface area contributed by atoms with Gasteiger partial charge < -0.3 is 0 Å². The molecular formula is C22H19ClFN3O4S2. The lowest BCUT2D eigenvalue weighted by atomic mass is 9.98. The van der Waals surface area contributed by atoms with Gasteiger partial charge in [-0.25, -0.2) is 12.8 Å². The van der Waals surface area contributed by atoms with E-state index in [1.807, 2.05) is 0 Å². The monoisotopic (exact) mass is 507 g/mol. The fraction of sp³-hybridized carbons (Fsp3) is 0.136. The molecule has 0 saturated carbocycles. The van der Waals surface area contributed by atoms with Gasteiger partial charge in [0.1, 0.15) is 5.82 Å². The number of hydrogen-bond donors (Lipinski definition) is 1. The van der Waals surface area contributed by atoms with Gasteiger partial charge in [-0.05, 0) is 30.3 Å². The van der Waals surface area contributed by atoms with Crippen LogP contribution in [-0.4, -0.2) is 33.2 Å². The number of rotatable bonds is 6. The average Bonchev–Trinajstić information content (AvgIpc) is 3.19. The minimum absolute atomic E-state index is 0.0309. The largest absolute Gasteiger partial charge is 0.283 e. The van der Waals surface area contributed by atoms with Crippen LogP contribution < -0.4 is 4.72 Å². The quantitative estimate of drug-likeness (QED) is 0.535. The van der Waals surface area contributed by atoms with Crippen molar-refractivity contribution in [3.63, 3.8) is 0 Å². The molecule has 33 heavy (non-hydrogen) atoms. The molecule has 3 aromatic carbocycles. The summed E-state index contributed by atoms with van der Waals surface area (Å²) in [6.07, 6.45) is 1.04. The number of anilines is 1. The van der Waals surface area contributed by atoms with Gasteiger partial charge in [-0.2, -0.15) is 17.9 Å². The smallest absolute Gasteiger partial charge is 0.279 e. The van der Waals surface area contributed by atoms with Gasteiger partial charge in [0.15, 0.2) is 0 Å². The Kier molecular flexibility index (Phi) is 6.17. The van der Waals surface area contributed by atoms with Gasteiger partial charge in [0, 0.05) is 22.6 Å². The predicted octanol–water partition coefficient (Wildman–Crippen LogP) is 4.39. The Bertz CT molecular complexity index is 1460. The first kappa shape index (κ1) is 23.2. The molecule has 3 aromatic rings. The summed E-state index contributed by atoms with van der Waals surface area (Å²) >= 11 is 6.00. The molecule has 0 aliphatic carbocycles. The number of hydrogen-bond acceptors (Lipinski definition) is 5. The Hall–Kier alpha value is -2.95. The van der Waals surface area contributed by atoms with Gasteiger partial charge in [-0.3, -0.25) is 4.72 Å². The molecule has 1 atom stereocenters. The molecule has 1 aliphatic rings. The number of para-hydroxylation sites is 1. The Morgan fingerprint density at radius 3 is 2.39 bits per heavy atom. The van der Waals surface area contributed by atoms with Crippen LogP contribution >= 0.6 is 11.6 Å². The molecule has 0 unspecified atom stereocenters. The van der Waals surface area contributed by atoms with E-state index >= 15 is 0 Å². The Morgan fingerprint density at radius 2 is 1.70 bits per heavy atom. The summed E-state index contributed by atoms with van der Waals surface area (Å²) in [5.74, 6) is -0.576.